The predicted molar refractivity (Wildman–Crippen MR) is 132 cm³/mol. The topological polar surface area (TPSA) is 74.5 Å². The molecule has 0 bridgehead atoms. The highest BCUT2D eigenvalue weighted by molar-refractivity contribution is 6.05. The molecule has 0 fully saturated rings. The molecule has 6 nitrogen and oxygen atoms in total. The van der Waals surface area contributed by atoms with Gasteiger partial charge >= 0.3 is 0 Å². The van der Waals surface area contributed by atoms with Crippen LogP contribution in [-0.4, -0.2) is 29.0 Å². The van der Waals surface area contributed by atoms with Crippen molar-refractivity contribution in [2.75, 3.05) is 13.2 Å². The number of hydrogen-bond acceptors (Lipinski definition) is 6. The zero-order valence-electron chi connectivity index (χ0n) is 20.4. The Balaban J connectivity index is 1.62. The number of carbonyl (C=O) groups is 1. The van der Waals surface area contributed by atoms with Gasteiger partial charge in [0, 0.05) is 25.2 Å². The number of aryl methyl sites for hydroxylation is 2. The Labute approximate surface area is 204 Å². The molecule has 7 heteroatoms. The van der Waals surface area contributed by atoms with Crippen molar-refractivity contribution in [3.8, 4) is 11.5 Å². The zero-order valence-corrected chi connectivity index (χ0v) is 20.4. The van der Waals surface area contributed by atoms with Crippen LogP contribution in [-0.2, 0) is 6.42 Å². The van der Waals surface area contributed by atoms with Gasteiger partial charge in [-0.1, -0.05) is 25.1 Å². The number of carbonyl (C=O) groups excluding carboxylic acids is 1. The maximum Gasteiger partial charge on any atom is 0.207 e. The lowest BCUT2D eigenvalue weighted by Gasteiger charge is -2.19. The Morgan fingerprint density at radius 1 is 1.06 bits per heavy atom. The molecule has 4 rings (SSSR count). The number of ether oxygens (including phenoxy) is 2. The molecule has 1 atom stereocenters. The minimum Gasteiger partial charge on any atom is -0.488 e. The largest absolute Gasteiger partial charge is 0.488 e. The number of hydrogen-bond donors (Lipinski definition) is 0. The highest BCUT2D eigenvalue weighted by Crippen LogP contribution is 2.43. The van der Waals surface area contributed by atoms with Crippen molar-refractivity contribution in [2.24, 2.45) is 0 Å². The van der Waals surface area contributed by atoms with E-state index >= 15 is 0 Å². The molecule has 0 spiro atoms. The average molecular weight is 477 g/mol. The number of nitrogens with zero attached hydrogens (tertiary/aromatic N) is 2. The maximum absolute atomic E-state index is 13.3. The van der Waals surface area contributed by atoms with Crippen molar-refractivity contribution in [1.29, 1.82) is 0 Å². The standard InChI is InChI=1S/C28H29FN2O4/c1-17(21-8-10-22(29)11-9-21)12-15-34-28-26(33-16-13-23-7-5-6-14-30-23)24(19(3)32)18(2)25-27(28)35-20(4)31-25/h5-11,14,17H,12-13,15-16H2,1-4H3. The highest BCUT2D eigenvalue weighted by atomic mass is 19.1. The summed E-state index contributed by atoms with van der Waals surface area (Å²) in [6, 6.07) is 12.2. The third kappa shape index (κ3) is 5.50. The number of benzene rings is 2. The van der Waals surface area contributed by atoms with E-state index in [0.717, 1.165) is 11.3 Å². The van der Waals surface area contributed by atoms with Crippen LogP contribution in [0.3, 0.4) is 0 Å². The molecule has 0 amide bonds. The van der Waals surface area contributed by atoms with Crippen LogP contribution in [0.2, 0.25) is 0 Å². The summed E-state index contributed by atoms with van der Waals surface area (Å²) in [7, 11) is 0. The van der Waals surface area contributed by atoms with Crippen LogP contribution in [0.1, 0.15) is 59.3 Å². The van der Waals surface area contributed by atoms with Gasteiger partial charge in [-0.05, 0) is 61.6 Å². The Bertz CT molecular complexity index is 1320. The smallest absolute Gasteiger partial charge is 0.207 e. The second-order valence-electron chi connectivity index (χ2n) is 8.63. The summed E-state index contributed by atoms with van der Waals surface area (Å²) in [4.78, 5) is 21.5. The number of fused-ring (bicyclic) bond motifs is 1. The van der Waals surface area contributed by atoms with Gasteiger partial charge in [0.2, 0.25) is 11.3 Å². The maximum atomic E-state index is 13.3. The van der Waals surface area contributed by atoms with E-state index in [9.17, 15) is 9.18 Å². The van der Waals surface area contributed by atoms with Gasteiger partial charge in [-0.3, -0.25) is 9.78 Å². The zero-order chi connectivity index (χ0) is 24.9. The predicted octanol–water partition coefficient (Wildman–Crippen LogP) is 6.38. The third-order valence-electron chi connectivity index (χ3n) is 6.02. The number of Topliss-reactive ketones (excluding diaryl/α,β-unsaturated/α-hetero) is 1. The van der Waals surface area contributed by atoms with E-state index in [1.165, 1.54) is 19.1 Å². The van der Waals surface area contributed by atoms with Crippen LogP contribution < -0.4 is 9.47 Å². The molecule has 0 N–H and O–H groups in total. The molecule has 4 aromatic rings. The van der Waals surface area contributed by atoms with Gasteiger partial charge in [-0.15, -0.1) is 0 Å². The molecule has 0 aliphatic carbocycles. The molecule has 0 saturated heterocycles. The number of halogens is 1. The minimum absolute atomic E-state index is 0.137. The lowest BCUT2D eigenvalue weighted by molar-refractivity contribution is 0.101. The first kappa shape index (κ1) is 24.4. The SMILES string of the molecule is CC(=O)c1c(OCCc2ccccn2)c(OCCC(C)c2ccc(F)cc2)c2oc(C)nc2c1C. The second kappa shape index (κ2) is 10.7. The molecule has 1 unspecified atom stereocenters. The molecule has 0 aliphatic rings. The van der Waals surface area contributed by atoms with E-state index in [4.69, 9.17) is 13.9 Å². The van der Waals surface area contributed by atoms with Crippen molar-refractivity contribution < 1.29 is 23.1 Å². The lowest BCUT2D eigenvalue weighted by Crippen LogP contribution is -2.11. The van der Waals surface area contributed by atoms with Crippen molar-refractivity contribution in [3.63, 3.8) is 0 Å². The first-order valence-corrected chi connectivity index (χ1v) is 11.7. The summed E-state index contributed by atoms with van der Waals surface area (Å²) in [6.45, 7) is 7.84. The molecule has 2 heterocycles. The second-order valence-corrected chi connectivity index (χ2v) is 8.63. The van der Waals surface area contributed by atoms with Gasteiger partial charge in [0.15, 0.2) is 17.4 Å². The van der Waals surface area contributed by atoms with E-state index in [1.807, 2.05) is 25.1 Å². The van der Waals surface area contributed by atoms with Crippen molar-refractivity contribution >= 4 is 16.9 Å². The third-order valence-corrected chi connectivity index (χ3v) is 6.02. The number of aromatic nitrogens is 2. The fourth-order valence-corrected chi connectivity index (χ4v) is 4.13. The molecule has 182 valence electrons. The van der Waals surface area contributed by atoms with Gasteiger partial charge in [0.1, 0.15) is 11.3 Å². The van der Waals surface area contributed by atoms with Crippen molar-refractivity contribution in [2.45, 2.75) is 46.5 Å². The quantitative estimate of drug-likeness (QED) is 0.247. The molecule has 2 aromatic heterocycles. The van der Waals surface area contributed by atoms with Crippen molar-refractivity contribution in [3.05, 3.63) is 82.8 Å². The highest BCUT2D eigenvalue weighted by Gasteiger charge is 2.26. The van der Waals surface area contributed by atoms with Crippen LogP contribution in [0.15, 0.2) is 53.1 Å². The van der Waals surface area contributed by atoms with E-state index in [2.05, 4.69) is 16.9 Å². The first-order valence-electron chi connectivity index (χ1n) is 11.7. The molecule has 0 aliphatic heterocycles. The Morgan fingerprint density at radius 3 is 2.49 bits per heavy atom. The van der Waals surface area contributed by atoms with Gasteiger partial charge in [-0.2, -0.15) is 0 Å². The van der Waals surface area contributed by atoms with E-state index < -0.39 is 0 Å². The van der Waals surface area contributed by atoms with Crippen LogP contribution in [0.4, 0.5) is 4.39 Å². The fourth-order valence-electron chi connectivity index (χ4n) is 4.13. The van der Waals surface area contributed by atoms with Gasteiger partial charge in [0.05, 0.1) is 18.8 Å². The minimum atomic E-state index is -0.260. The summed E-state index contributed by atoms with van der Waals surface area (Å²) in [6.07, 6.45) is 2.99. The molecular formula is C28H29FN2O4. The van der Waals surface area contributed by atoms with E-state index in [-0.39, 0.29) is 17.5 Å². The van der Waals surface area contributed by atoms with Gasteiger partial charge < -0.3 is 13.9 Å². The molecule has 2 aromatic carbocycles. The number of oxazole rings is 1. The first-order chi connectivity index (χ1) is 16.8. The molecule has 0 saturated carbocycles. The number of ketones is 1. The summed E-state index contributed by atoms with van der Waals surface area (Å²) in [5.74, 6) is 0.973. The number of rotatable bonds is 10. The van der Waals surface area contributed by atoms with Gasteiger partial charge in [-0.25, -0.2) is 9.37 Å². The van der Waals surface area contributed by atoms with Crippen LogP contribution in [0.5, 0.6) is 11.5 Å². The molecular weight excluding hydrogens is 447 g/mol. The average Bonchev–Trinajstić information content (AvgIpc) is 3.23. The Hall–Kier alpha value is -3.74. The Morgan fingerprint density at radius 2 is 1.80 bits per heavy atom. The summed E-state index contributed by atoms with van der Waals surface area (Å²) in [5, 5.41) is 0. The fraction of sp³-hybridized carbons (Fsp3) is 0.321. The molecule has 35 heavy (non-hydrogen) atoms. The van der Waals surface area contributed by atoms with Crippen LogP contribution in [0.25, 0.3) is 11.1 Å². The summed E-state index contributed by atoms with van der Waals surface area (Å²) < 4.78 is 31.6. The summed E-state index contributed by atoms with van der Waals surface area (Å²) in [5.41, 5.74) is 4.10. The summed E-state index contributed by atoms with van der Waals surface area (Å²) >= 11 is 0. The van der Waals surface area contributed by atoms with E-state index in [1.54, 1.807) is 25.3 Å². The van der Waals surface area contributed by atoms with Crippen molar-refractivity contribution in [1.82, 2.24) is 9.97 Å². The van der Waals surface area contributed by atoms with E-state index in [0.29, 0.717) is 65.7 Å². The lowest BCUT2D eigenvalue weighted by atomic mass is 9.98. The number of pyridine rings is 1. The van der Waals surface area contributed by atoms with Crippen LogP contribution in [0, 0.1) is 19.7 Å². The Kier molecular flexibility index (Phi) is 7.44. The van der Waals surface area contributed by atoms with Crippen LogP contribution >= 0.6 is 0 Å². The molecule has 0 radical (unpaired) electrons. The van der Waals surface area contributed by atoms with Gasteiger partial charge in [0.25, 0.3) is 0 Å². The normalized spacial score (nSPS) is 12.0. The monoisotopic (exact) mass is 476 g/mol.